The van der Waals surface area contributed by atoms with E-state index in [1.165, 1.54) is 16.7 Å². The number of rotatable bonds is 13. The minimum atomic E-state index is -0.919. The van der Waals surface area contributed by atoms with Crippen LogP contribution in [-0.2, 0) is 20.7 Å². The minimum absolute atomic E-state index is 0.0637. The van der Waals surface area contributed by atoms with Crippen LogP contribution >= 0.6 is 11.8 Å². The van der Waals surface area contributed by atoms with Gasteiger partial charge in [-0.15, -0.1) is 0 Å². The van der Waals surface area contributed by atoms with Gasteiger partial charge in [-0.3, -0.25) is 9.59 Å². The Labute approximate surface area is 200 Å². The number of imidazole rings is 1. The molecule has 8 nitrogen and oxygen atoms in total. The maximum absolute atomic E-state index is 12.7. The average Bonchev–Trinajstić information content (AvgIpc) is 3.26. The number of aromatic amines is 1. The summed E-state index contributed by atoms with van der Waals surface area (Å²) in [6.07, 6.45) is 6.41. The standard InChI is InChI=1S/C24H36N4O4S/c1-5-6-7-8-14-33-24(31)28(4)15-20(23(30)32-17(2)3)27-21(29)13-12-18-10-9-11-19-22(18)26-16-25-19/h9-11,16-17,20H,5-8,12-15H2,1-4H3,(H,25,26)(H,27,29). The summed E-state index contributed by atoms with van der Waals surface area (Å²) in [5.41, 5.74) is 2.73. The van der Waals surface area contributed by atoms with Gasteiger partial charge in [0.25, 0.3) is 5.24 Å². The van der Waals surface area contributed by atoms with E-state index in [4.69, 9.17) is 4.74 Å². The molecule has 0 bridgehead atoms. The molecule has 1 aromatic carbocycles. The molecule has 2 rings (SSSR count). The summed E-state index contributed by atoms with van der Waals surface area (Å²) in [6.45, 7) is 5.72. The lowest BCUT2D eigenvalue weighted by molar-refractivity contribution is -0.151. The van der Waals surface area contributed by atoms with Crippen molar-refractivity contribution in [2.75, 3.05) is 19.3 Å². The number of thioether (sulfide) groups is 1. The number of unbranched alkanes of at least 4 members (excludes halogenated alkanes) is 3. The molecule has 182 valence electrons. The zero-order valence-corrected chi connectivity index (χ0v) is 20.9. The third-order valence-electron chi connectivity index (χ3n) is 5.13. The highest BCUT2D eigenvalue weighted by atomic mass is 32.2. The van der Waals surface area contributed by atoms with Gasteiger partial charge in [0.2, 0.25) is 5.91 Å². The highest BCUT2D eigenvalue weighted by molar-refractivity contribution is 8.13. The van der Waals surface area contributed by atoms with Gasteiger partial charge < -0.3 is 19.9 Å². The number of H-pyrrole nitrogens is 1. The Morgan fingerprint density at radius 1 is 1.21 bits per heavy atom. The number of ether oxygens (including phenoxy) is 1. The number of hydrogen-bond donors (Lipinski definition) is 2. The number of aryl methyl sites for hydroxylation is 1. The molecule has 2 aromatic rings. The molecule has 0 aliphatic carbocycles. The molecule has 0 spiro atoms. The number of nitrogens with one attached hydrogen (secondary N) is 2. The third kappa shape index (κ3) is 9.07. The predicted octanol–water partition coefficient (Wildman–Crippen LogP) is 4.30. The van der Waals surface area contributed by atoms with E-state index in [2.05, 4.69) is 22.2 Å². The fourth-order valence-corrected chi connectivity index (χ4v) is 4.21. The van der Waals surface area contributed by atoms with Crippen molar-refractivity contribution in [1.29, 1.82) is 0 Å². The molecule has 1 unspecified atom stereocenters. The van der Waals surface area contributed by atoms with E-state index >= 15 is 0 Å². The van der Waals surface area contributed by atoms with Crippen molar-refractivity contribution in [3.63, 3.8) is 0 Å². The zero-order chi connectivity index (χ0) is 24.2. The van der Waals surface area contributed by atoms with Gasteiger partial charge in [-0.25, -0.2) is 9.78 Å². The summed E-state index contributed by atoms with van der Waals surface area (Å²) >= 11 is 1.24. The number of nitrogens with zero attached hydrogens (tertiary/aromatic N) is 2. The molecule has 2 amide bonds. The first kappa shape index (κ1) is 26.7. The molecule has 1 aromatic heterocycles. The lowest BCUT2D eigenvalue weighted by atomic mass is 10.1. The van der Waals surface area contributed by atoms with E-state index < -0.39 is 12.0 Å². The van der Waals surface area contributed by atoms with Crippen LogP contribution in [0.1, 0.15) is 58.4 Å². The topological polar surface area (TPSA) is 104 Å². The van der Waals surface area contributed by atoms with Crippen molar-refractivity contribution in [3.8, 4) is 0 Å². The molecule has 0 saturated carbocycles. The van der Waals surface area contributed by atoms with Crippen LogP contribution in [0.4, 0.5) is 4.79 Å². The Morgan fingerprint density at radius 2 is 2.00 bits per heavy atom. The number of hydrogen-bond acceptors (Lipinski definition) is 6. The molecule has 1 atom stereocenters. The second-order valence-corrected chi connectivity index (χ2v) is 9.42. The fourth-order valence-electron chi connectivity index (χ4n) is 3.39. The van der Waals surface area contributed by atoms with Gasteiger partial charge in [-0.05, 0) is 38.3 Å². The molecule has 0 saturated heterocycles. The summed E-state index contributed by atoms with van der Waals surface area (Å²) in [5, 5.41) is 2.64. The molecule has 0 aliphatic heterocycles. The molecule has 33 heavy (non-hydrogen) atoms. The van der Waals surface area contributed by atoms with Gasteiger partial charge >= 0.3 is 5.97 Å². The number of amides is 2. The van der Waals surface area contributed by atoms with Crippen LogP contribution in [0.25, 0.3) is 11.0 Å². The molecule has 9 heteroatoms. The Balaban J connectivity index is 1.92. The summed E-state index contributed by atoms with van der Waals surface area (Å²) in [5.74, 6) is -0.0672. The Morgan fingerprint density at radius 3 is 2.73 bits per heavy atom. The molecule has 0 radical (unpaired) electrons. The van der Waals surface area contributed by atoms with Crippen molar-refractivity contribution in [2.45, 2.75) is 71.4 Å². The molecule has 1 heterocycles. The van der Waals surface area contributed by atoms with Gasteiger partial charge in [0.15, 0.2) is 0 Å². The summed E-state index contributed by atoms with van der Waals surface area (Å²) in [4.78, 5) is 46.5. The van der Waals surface area contributed by atoms with E-state index in [0.717, 1.165) is 48.0 Å². The first-order valence-electron chi connectivity index (χ1n) is 11.6. The Hall–Kier alpha value is -2.55. The SMILES string of the molecule is CCCCCCSC(=O)N(C)CC(NC(=O)CCc1cccc2nc[nH]c12)C(=O)OC(C)C. The first-order chi connectivity index (χ1) is 15.8. The van der Waals surface area contributed by atoms with Gasteiger partial charge in [-0.1, -0.05) is 50.1 Å². The van der Waals surface area contributed by atoms with Crippen LogP contribution in [0.15, 0.2) is 24.5 Å². The second kappa shape index (κ2) is 13.9. The average molecular weight is 477 g/mol. The van der Waals surface area contributed by atoms with Crippen molar-refractivity contribution >= 4 is 39.9 Å². The number of fused-ring (bicyclic) bond motifs is 1. The number of carbonyl (C=O) groups excluding carboxylic acids is 3. The Kier molecular flexibility index (Phi) is 11.2. The number of para-hydroxylation sites is 1. The second-order valence-electron chi connectivity index (χ2n) is 8.38. The number of aromatic nitrogens is 2. The quantitative estimate of drug-likeness (QED) is 0.330. The van der Waals surface area contributed by atoms with Crippen LogP contribution in [0.2, 0.25) is 0 Å². The van der Waals surface area contributed by atoms with Gasteiger partial charge in [0.1, 0.15) is 6.04 Å². The highest BCUT2D eigenvalue weighted by Gasteiger charge is 2.26. The minimum Gasteiger partial charge on any atom is -0.461 e. The van der Waals surface area contributed by atoms with Crippen molar-refractivity contribution in [2.24, 2.45) is 0 Å². The van der Waals surface area contributed by atoms with Crippen LogP contribution < -0.4 is 5.32 Å². The normalized spacial score (nSPS) is 12.0. The van der Waals surface area contributed by atoms with E-state index in [-0.39, 0.29) is 30.2 Å². The van der Waals surface area contributed by atoms with Crippen LogP contribution in [0.3, 0.4) is 0 Å². The monoisotopic (exact) mass is 476 g/mol. The van der Waals surface area contributed by atoms with Gasteiger partial charge in [0.05, 0.1) is 30.0 Å². The predicted molar refractivity (Wildman–Crippen MR) is 132 cm³/mol. The lowest BCUT2D eigenvalue weighted by Gasteiger charge is -2.24. The molecular formula is C24H36N4O4S. The lowest BCUT2D eigenvalue weighted by Crippen LogP contribution is -2.49. The summed E-state index contributed by atoms with van der Waals surface area (Å²) in [6, 6.07) is 4.84. The zero-order valence-electron chi connectivity index (χ0n) is 20.1. The maximum Gasteiger partial charge on any atom is 0.330 e. The number of benzene rings is 1. The largest absolute Gasteiger partial charge is 0.461 e. The van der Waals surface area contributed by atoms with E-state index in [0.29, 0.717) is 6.42 Å². The number of likely N-dealkylation sites (N-methyl/N-ethyl adjacent to an activating group) is 1. The van der Waals surface area contributed by atoms with Gasteiger partial charge in [0, 0.05) is 19.2 Å². The van der Waals surface area contributed by atoms with Crippen LogP contribution in [0.5, 0.6) is 0 Å². The molecular weight excluding hydrogens is 440 g/mol. The van der Waals surface area contributed by atoms with Crippen molar-refractivity contribution in [1.82, 2.24) is 20.2 Å². The molecule has 2 N–H and O–H groups in total. The summed E-state index contributed by atoms with van der Waals surface area (Å²) < 4.78 is 5.32. The third-order valence-corrected chi connectivity index (χ3v) is 6.18. The van der Waals surface area contributed by atoms with E-state index in [1.807, 2.05) is 18.2 Å². The number of carbonyl (C=O) groups is 3. The smallest absolute Gasteiger partial charge is 0.330 e. The summed E-state index contributed by atoms with van der Waals surface area (Å²) in [7, 11) is 1.64. The maximum atomic E-state index is 12.7. The first-order valence-corrected chi connectivity index (χ1v) is 12.6. The van der Waals surface area contributed by atoms with Crippen LogP contribution in [0, 0.1) is 0 Å². The van der Waals surface area contributed by atoms with Crippen LogP contribution in [-0.4, -0.2) is 63.5 Å². The Bertz CT molecular complexity index is 915. The highest BCUT2D eigenvalue weighted by Crippen LogP contribution is 2.16. The molecule has 0 fully saturated rings. The van der Waals surface area contributed by atoms with Crippen molar-refractivity contribution in [3.05, 3.63) is 30.1 Å². The van der Waals surface area contributed by atoms with Gasteiger partial charge in [-0.2, -0.15) is 0 Å². The van der Waals surface area contributed by atoms with Crippen molar-refractivity contribution < 1.29 is 19.1 Å². The van der Waals surface area contributed by atoms with E-state index in [9.17, 15) is 14.4 Å². The van der Waals surface area contributed by atoms with E-state index in [1.54, 1.807) is 27.2 Å². The number of esters is 1. The fraction of sp³-hybridized carbons (Fsp3) is 0.583. The molecule has 0 aliphatic rings.